The molecule has 0 unspecified atom stereocenters. The van der Waals surface area contributed by atoms with Crippen LogP contribution in [0.15, 0.2) is 29.3 Å². The first kappa shape index (κ1) is 24.9. The molecule has 6 nitrogen and oxygen atoms in total. The molecular weight excluding hydrogens is 445 g/mol. The molecule has 0 atom stereocenters. The first-order valence-corrected chi connectivity index (χ1v) is 8.78. The Kier molecular flexibility index (Phi) is 13.5. The van der Waals surface area contributed by atoms with E-state index < -0.39 is 0 Å². The highest BCUT2D eigenvalue weighted by atomic mass is 127. The number of nitrogens with zero attached hydrogens (tertiary/aromatic N) is 1. The first-order valence-electron chi connectivity index (χ1n) is 8.78. The second-order valence-electron chi connectivity index (χ2n) is 6.35. The minimum absolute atomic E-state index is 0. The maximum absolute atomic E-state index is 5.73. The van der Waals surface area contributed by atoms with Gasteiger partial charge in [0.1, 0.15) is 5.75 Å². The fraction of sp³-hybridized carbons (Fsp3) is 0.632. The number of halogens is 1. The number of methoxy groups -OCH3 is 2. The van der Waals surface area contributed by atoms with Crippen molar-refractivity contribution in [2.24, 2.45) is 4.99 Å². The Morgan fingerprint density at radius 2 is 1.92 bits per heavy atom. The van der Waals surface area contributed by atoms with Crippen LogP contribution in [0.5, 0.6) is 5.75 Å². The Labute approximate surface area is 175 Å². The smallest absolute Gasteiger partial charge is 0.191 e. The van der Waals surface area contributed by atoms with Crippen molar-refractivity contribution in [1.82, 2.24) is 10.6 Å². The Morgan fingerprint density at radius 3 is 2.58 bits per heavy atom. The van der Waals surface area contributed by atoms with Crippen molar-refractivity contribution in [3.05, 3.63) is 29.8 Å². The number of rotatable bonds is 11. The molecule has 0 heterocycles. The summed E-state index contributed by atoms with van der Waals surface area (Å²) >= 11 is 0. The molecule has 0 saturated heterocycles. The van der Waals surface area contributed by atoms with Crippen LogP contribution in [-0.2, 0) is 16.0 Å². The molecule has 0 saturated carbocycles. The molecule has 0 fully saturated rings. The highest BCUT2D eigenvalue weighted by Crippen LogP contribution is 2.14. The van der Waals surface area contributed by atoms with Crippen LogP contribution in [0.4, 0.5) is 0 Å². The van der Waals surface area contributed by atoms with Gasteiger partial charge in [0, 0.05) is 40.3 Å². The van der Waals surface area contributed by atoms with Gasteiger partial charge in [0.05, 0.1) is 18.8 Å². The molecule has 2 N–H and O–H groups in total. The number of ether oxygens (including phenoxy) is 3. The van der Waals surface area contributed by atoms with Crippen LogP contribution in [0.1, 0.15) is 32.8 Å². The number of nitrogens with one attached hydrogen (secondary N) is 2. The van der Waals surface area contributed by atoms with Crippen LogP contribution in [0, 0.1) is 0 Å². The Bertz CT molecular complexity index is 525. The van der Waals surface area contributed by atoms with E-state index in [1.807, 2.05) is 45.0 Å². The van der Waals surface area contributed by atoms with E-state index in [9.17, 15) is 0 Å². The van der Waals surface area contributed by atoms with Crippen molar-refractivity contribution < 1.29 is 14.2 Å². The molecule has 0 aliphatic carbocycles. The fourth-order valence-electron chi connectivity index (χ4n) is 2.01. The molecule has 0 spiro atoms. The Hall–Kier alpha value is -1.06. The summed E-state index contributed by atoms with van der Waals surface area (Å²) in [4.78, 5) is 4.64. The van der Waals surface area contributed by atoms with E-state index in [4.69, 9.17) is 14.2 Å². The van der Waals surface area contributed by atoms with Crippen LogP contribution in [0.25, 0.3) is 0 Å². The van der Waals surface area contributed by atoms with E-state index in [0.717, 1.165) is 30.2 Å². The summed E-state index contributed by atoms with van der Waals surface area (Å²) in [7, 11) is 3.41. The third-order valence-electron chi connectivity index (χ3n) is 3.66. The number of hydrogen-bond acceptors (Lipinski definition) is 4. The summed E-state index contributed by atoms with van der Waals surface area (Å²) in [6, 6.07) is 8.03. The van der Waals surface area contributed by atoms with E-state index in [1.54, 1.807) is 14.2 Å². The summed E-state index contributed by atoms with van der Waals surface area (Å²) in [6.07, 6.45) is 0.878. The van der Waals surface area contributed by atoms with Crippen LogP contribution < -0.4 is 15.4 Å². The lowest BCUT2D eigenvalue weighted by Gasteiger charge is -2.24. The van der Waals surface area contributed by atoms with Crippen molar-refractivity contribution in [1.29, 1.82) is 0 Å². The van der Waals surface area contributed by atoms with Gasteiger partial charge in [-0.2, -0.15) is 0 Å². The summed E-state index contributed by atoms with van der Waals surface area (Å²) < 4.78 is 16.2. The van der Waals surface area contributed by atoms with Crippen molar-refractivity contribution >= 4 is 29.9 Å². The maximum Gasteiger partial charge on any atom is 0.191 e. The molecule has 0 bridgehead atoms. The van der Waals surface area contributed by atoms with Gasteiger partial charge < -0.3 is 24.8 Å². The zero-order valence-electron chi connectivity index (χ0n) is 16.6. The van der Waals surface area contributed by atoms with Gasteiger partial charge in [0.25, 0.3) is 0 Å². The summed E-state index contributed by atoms with van der Waals surface area (Å²) in [5.41, 5.74) is 0.860. The van der Waals surface area contributed by atoms with Crippen LogP contribution >= 0.6 is 24.0 Å². The number of hydrogen-bond donors (Lipinski definition) is 2. The lowest BCUT2D eigenvalue weighted by Crippen LogP contribution is -2.45. The molecule has 1 aromatic rings. The average Bonchev–Trinajstić information content (AvgIpc) is 2.61. The molecule has 0 aromatic heterocycles. The van der Waals surface area contributed by atoms with Crippen molar-refractivity contribution in [3.63, 3.8) is 0 Å². The molecule has 26 heavy (non-hydrogen) atoms. The third kappa shape index (κ3) is 10.8. The van der Waals surface area contributed by atoms with E-state index in [2.05, 4.69) is 15.6 Å². The summed E-state index contributed by atoms with van der Waals surface area (Å²) in [6.45, 7) is 9.54. The molecule has 0 radical (unpaired) electrons. The van der Waals surface area contributed by atoms with Crippen LogP contribution in [0.2, 0.25) is 0 Å². The minimum atomic E-state index is -0.244. The second-order valence-corrected chi connectivity index (χ2v) is 6.35. The molecule has 1 rings (SSSR count). The van der Waals surface area contributed by atoms with Crippen LogP contribution in [0.3, 0.4) is 0 Å². The van der Waals surface area contributed by atoms with Crippen molar-refractivity contribution in [2.45, 2.75) is 39.3 Å². The van der Waals surface area contributed by atoms with Gasteiger partial charge in [-0.25, -0.2) is 4.99 Å². The molecule has 0 aliphatic rings. The van der Waals surface area contributed by atoms with Gasteiger partial charge >= 0.3 is 0 Å². The highest BCUT2D eigenvalue weighted by Gasteiger charge is 2.16. The first-order chi connectivity index (χ1) is 12.0. The lowest BCUT2D eigenvalue weighted by atomic mass is 10.1. The topological polar surface area (TPSA) is 64.1 Å². The normalized spacial score (nSPS) is 11.7. The van der Waals surface area contributed by atoms with Crippen molar-refractivity contribution in [3.8, 4) is 5.75 Å². The standard InChI is InChI=1S/C19H33N3O3.HI/c1-6-20-18(22-15-19(2,3)24-5)21-14-16-9-7-10-17(13-16)25-12-8-11-23-4;/h7,9-10,13H,6,8,11-12,14-15H2,1-5H3,(H2,20,21,22);1H. The van der Waals surface area contributed by atoms with Gasteiger partial charge in [-0.05, 0) is 38.5 Å². The summed E-state index contributed by atoms with van der Waals surface area (Å²) in [5.74, 6) is 1.64. The Morgan fingerprint density at radius 1 is 1.15 bits per heavy atom. The second kappa shape index (κ2) is 14.1. The average molecular weight is 479 g/mol. The molecule has 1 aromatic carbocycles. The molecule has 0 amide bonds. The number of aliphatic imine (C=N–C) groups is 1. The zero-order valence-corrected chi connectivity index (χ0v) is 19.0. The van der Waals surface area contributed by atoms with Crippen LogP contribution in [-0.4, -0.2) is 52.1 Å². The van der Waals surface area contributed by atoms with Gasteiger partial charge in [-0.3, -0.25) is 0 Å². The predicted molar refractivity (Wildman–Crippen MR) is 118 cm³/mol. The zero-order chi connectivity index (χ0) is 18.5. The SMILES string of the molecule is CCNC(=NCc1cccc(OCCCOC)c1)NCC(C)(C)OC.I. The highest BCUT2D eigenvalue weighted by molar-refractivity contribution is 14.0. The maximum atomic E-state index is 5.73. The van der Waals surface area contributed by atoms with E-state index >= 15 is 0 Å². The van der Waals surface area contributed by atoms with E-state index in [0.29, 0.717) is 26.3 Å². The van der Waals surface area contributed by atoms with E-state index in [1.165, 1.54) is 0 Å². The molecule has 150 valence electrons. The summed E-state index contributed by atoms with van der Waals surface area (Å²) in [5, 5.41) is 6.56. The minimum Gasteiger partial charge on any atom is -0.493 e. The molecular formula is C19H34IN3O3. The largest absolute Gasteiger partial charge is 0.493 e. The van der Waals surface area contributed by atoms with Gasteiger partial charge in [-0.1, -0.05) is 12.1 Å². The molecule has 7 heteroatoms. The quantitative estimate of drug-likeness (QED) is 0.221. The molecule has 0 aliphatic heterocycles. The predicted octanol–water partition coefficient (Wildman–Crippen LogP) is 3.20. The third-order valence-corrected chi connectivity index (χ3v) is 3.66. The number of benzene rings is 1. The number of guanidine groups is 1. The van der Waals surface area contributed by atoms with Gasteiger partial charge in [0.15, 0.2) is 5.96 Å². The van der Waals surface area contributed by atoms with Crippen molar-refractivity contribution in [2.75, 3.05) is 40.5 Å². The lowest BCUT2D eigenvalue weighted by molar-refractivity contribution is 0.0268. The Balaban J connectivity index is 0.00000625. The van der Waals surface area contributed by atoms with Gasteiger partial charge in [-0.15, -0.1) is 24.0 Å². The van der Waals surface area contributed by atoms with Gasteiger partial charge in [0.2, 0.25) is 0 Å². The fourth-order valence-corrected chi connectivity index (χ4v) is 2.01. The van der Waals surface area contributed by atoms with E-state index in [-0.39, 0.29) is 29.6 Å². The monoisotopic (exact) mass is 479 g/mol.